The highest BCUT2D eigenvalue weighted by Gasteiger charge is 2.30. The molecule has 0 unspecified atom stereocenters. The van der Waals surface area contributed by atoms with Crippen molar-refractivity contribution in [1.29, 1.82) is 0 Å². The number of halogens is 1. The molecule has 2 N–H and O–H groups in total. The largest absolute Gasteiger partial charge is 0.390 e. The third kappa shape index (κ3) is 2.23. The van der Waals surface area contributed by atoms with Crippen molar-refractivity contribution in [1.82, 2.24) is 4.98 Å². The van der Waals surface area contributed by atoms with Crippen molar-refractivity contribution in [2.75, 3.05) is 5.32 Å². The van der Waals surface area contributed by atoms with E-state index >= 15 is 0 Å². The molecule has 3 nitrogen and oxygen atoms in total. The number of nitrogens with one attached hydrogen (secondary N) is 1. The molecular formula is C18H15ClN2O. The molecule has 0 radical (unpaired) electrons. The lowest BCUT2D eigenvalue weighted by molar-refractivity contribution is 0.166. The Morgan fingerprint density at radius 2 is 2.00 bits per heavy atom. The third-order valence-corrected chi connectivity index (χ3v) is 4.45. The second kappa shape index (κ2) is 5.27. The maximum atomic E-state index is 10.4. The predicted octanol–water partition coefficient (Wildman–Crippen LogP) is 3.96. The average Bonchev–Trinajstić information content (AvgIpc) is 2.84. The topological polar surface area (TPSA) is 45.1 Å². The normalized spacial score (nSPS) is 20.1. The maximum Gasteiger partial charge on any atom is 0.0823 e. The number of hydrogen-bond acceptors (Lipinski definition) is 3. The molecule has 0 saturated carbocycles. The first-order chi connectivity index (χ1) is 10.7. The van der Waals surface area contributed by atoms with Crippen molar-refractivity contribution in [3.63, 3.8) is 0 Å². The monoisotopic (exact) mass is 310 g/mol. The average molecular weight is 311 g/mol. The Labute approximate surface area is 133 Å². The second-order valence-corrected chi connectivity index (χ2v) is 6.05. The SMILES string of the molecule is O[C@@H]1Cc2ccccc2[C@@H]1Nc1ccnc2ccc(Cl)cc12. The van der Waals surface area contributed by atoms with E-state index in [1.54, 1.807) is 6.20 Å². The number of hydrogen-bond donors (Lipinski definition) is 2. The highest BCUT2D eigenvalue weighted by atomic mass is 35.5. The van der Waals surface area contributed by atoms with Crippen LogP contribution >= 0.6 is 11.6 Å². The van der Waals surface area contributed by atoms with Gasteiger partial charge in [-0.2, -0.15) is 0 Å². The summed E-state index contributed by atoms with van der Waals surface area (Å²) in [4.78, 5) is 4.36. The summed E-state index contributed by atoms with van der Waals surface area (Å²) in [7, 11) is 0. The van der Waals surface area contributed by atoms with Gasteiger partial charge < -0.3 is 10.4 Å². The van der Waals surface area contributed by atoms with E-state index in [0.29, 0.717) is 11.4 Å². The molecule has 1 aliphatic rings. The van der Waals surface area contributed by atoms with Crippen molar-refractivity contribution < 1.29 is 5.11 Å². The van der Waals surface area contributed by atoms with E-state index in [9.17, 15) is 5.11 Å². The zero-order chi connectivity index (χ0) is 15.1. The van der Waals surface area contributed by atoms with Gasteiger partial charge in [-0.05, 0) is 35.4 Å². The van der Waals surface area contributed by atoms with Crippen LogP contribution in [0.15, 0.2) is 54.7 Å². The van der Waals surface area contributed by atoms with Crippen LogP contribution in [0.4, 0.5) is 5.69 Å². The number of aromatic nitrogens is 1. The Hall–Kier alpha value is -2.10. The van der Waals surface area contributed by atoms with Crippen molar-refractivity contribution in [2.45, 2.75) is 18.6 Å². The summed E-state index contributed by atoms with van der Waals surface area (Å²) in [5.41, 5.74) is 4.18. The fraction of sp³-hybridized carbons (Fsp3) is 0.167. The lowest BCUT2D eigenvalue weighted by Crippen LogP contribution is -2.21. The molecular weight excluding hydrogens is 296 g/mol. The first-order valence-electron chi connectivity index (χ1n) is 7.29. The molecule has 0 bridgehead atoms. The molecule has 2 aromatic carbocycles. The Bertz CT molecular complexity index is 849. The number of pyridine rings is 1. The van der Waals surface area contributed by atoms with Gasteiger partial charge in [0.15, 0.2) is 0 Å². The smallest absolute Gasteiger partial charge is 0.0823 e. The molecule has 0 saturated heterocycles. The molecule has 0 spiro atoms. The maximum absolute atomic E-state index is 10.4. The number of aliphatic hydroxyl groups excluding tert-OH is 1. The Kier molecular flexibility index (Phi) is 3.25. The van der Waals surface area contributed by atoms with E-state index in [1.165, 1.54) is 5.56 Å². The molecule has 4 rings (SSSR count). The van der Waals surface area contributed by atoms with Crippen LogP contribution in [-0.4, -0.2) is 16.2 Å². The number of benzene rings is 2. The second-order valence-electron chi connectivity index (χ2n) is 5.61. The van der Waals surface area contributed by atoms with Crippen LogP contribution in [0, 0.1) is 0 Å². The number of nitrogens with zero attached hydrogens (tertiary/aromatic N) is 1. The number of rotatable bonds is 2. The van der Waals surface area contributed by atoms with Gasteiger partial charge in [0.25, 0.3) is 0 Å². The Morgan fingerprint density at radius 3 is 2.91 bits per heavy atom. The van der Waals surface area contributed by atoms with Gasteiger partial charge in [0, 0.05) is 28.7 Å². The van der Waals surface area contributed by atoms with E-state index in [-0.39, 0.29) is 6.04 Å². The van der Waals surface area contributed by atoms with E-state index in [1.807, 2.05) is 36.4 Å². The first kappa shape index (κ1) is 13.6. The molecule has 0 fully saturated rings. The summed E-state index contributed by atoms with van der Waals surface area (Å²) in [5, 5.41) is 15.5. The minimum Gasteiger partial charge on any atom is -0.390 e. The van der Waals surface area contributed by atoms with Crippen LogP contribution in [-0.2, 0) is 6.42 Å². The summed E-state index contributed by atoms with van der Waals surface area (Å²) >= 11 is 6.11. The summed E-state index contributed by atoms with van der Waals surface area (Å²) in [6, 6.07) is 15.6. The summed E-state index contributed by atoms with van der Waals surface area (Å²) in [6.07, 6.45) is 2.02. The molecule has 110 valence electrons. The fourth-order valence-electron chi connectivity index (χ4n) is 3.16. The van der Waals surface area contributed by atoms with Gasteiger partial charge in [0.05, 0.1) is 17.7 Å². The number of aliphatic hydroxyl groups is 1. The van der Waals surface area contributed by atoms with Gasteiger partial charge in [-0.3, -0.25) is 4.98 Å². The van der Waals surface area contributed by atoms with Crippen LogP contribution in [0.25, 0.3) is 10.9 Å². The zero-order valence-electron chi connectivity index (χ0n) is 11.8. The van der Waals surface area contributed by atoms with E-state index in [0.717, 1.165) is 22.2 Å². The number of anilines is 1. The summed E-state index contributed by atoms with van der Waals surface area (Å²) in [6.45, 7) is 0. The molecule has 1 heterocycles. The molecule has 22 heavy (non-hydrogen) atoms. The van der Waals surface area contributed by atoms with Crippen LogP contribution in [0.1, 0.15) is 17.2 Å². The quantitative estimate of drug-likeness (QED) is 0.753. The minimum atomic E-state index is -0.431. The summed E-state index contributed by atoms with van der Waals surface area (Å²) < 4.78 is 0. The van der Waals surface area contributed by atoms with Crippen LogP contribution in [0.2, 0.25) is 5.02 Å². The zero-order valence-corrected chi connectivity index (χ0v) is 12.6. The van der Waals surface area contributed by atoms with Crippen LogP contribution in [0.5, 0.6) is 0 Å². The van der Waals surface area contributed by atoms with Gasteiger partial charge in [0.2, 0.25) is 0 Å². The Balaban J connectivity index is 1.77. The molecule has 1 aliphatic carbocycles. The summed E-state index contributed by atoms with van der Waals surface area (Å²) in [5.74, 6) is 0. The van der Waals surface area contributed by atoms with Gasteiger partial charge in [0.1, 0.15) is 0 Å². The highest BCUT2D eigenvalue weighted by Crippen LogP contribution is 2.36. The lowest BCUT2D eigenvalue weighted by Gasteiger charge is -2.20. The number of fused-ring (bicyclic) bond motifs is 2. The van der Waals surface area contributed by atoms with Crippen molar-refractivity contribution in [2.24, 2.45) is 0 Å². The first-order valence-corrected chi connectivity index (χ1v) is 7.67. The van der Waals surface area contributed by atoms with Crippen LogP contribution in [0.3, 0.4) is 0 Å². The van der Waals surface area contributed by atoms with Crippen molar-refractivity contribution in [3.8, 4) is 0 Å². The predicted molar refractivity (Wildman–Crippen MR) is 89.3 cm³/mol. The van der Waals surface area contributed by atoms with Gasteiger partial charge in [-0.1, -0.05) is 35.9 Å². The Morgan fingerprint density at radius 1 is 1.14 bits per heavy atom. The third-order valence-electron chi connectivity index (χ3n) is 4.22. The van der Waals surface area contributed by atoms with Crippen LogP contribution < -0.4 is 5.32 Å². The fourth-order valence-corrected chi connectivity index (χ4v) is 3.33. The minimum absolute atomic E-state index is 0.110. The molecule has 0 aliphatic heterocycles. The lowest BCUT2D eigenvalue weighted by atomic mass is 10.1. The van der Waals surface area contributed by atoms with E-state index < -0.39 is 6.10 Å². The molecule has 2 atom stereocenters. The van der Waals surface area contributed by atoms with Crippen molar-refractivity contribution >= 4 is 28.2 Å². The van der Waals surface area contributed by atoms with Crippen molar-refractivity contribution in [3.05, 3.63) is 70.9 Å². The van der Waals surface area contributed by atoms with Gasteiger partial charge >= 0.3 is 0 Å². The van der Waals surface area contributed by atoms with E-state index in [4.69, 9.17) is 11.6 Å². The molecule has 3 aromatic rings. The standard InChI is InChI=1S/C18H15ClN2O/c19-12-5-6-15-14(10-12)16(7-8-20-15)21-18-13-4-2-1-3-11(13)9-17(18)22/h1-8,10,17-18,22H,9H2,(H,20,21)/t17-,18+/m1/s1. The highest BCUT2D eigenvalue weighted by molar-refractivity contribution is 6.31. The molecule has 1 aromatic heterocycles. The molecule has 0 amide bonds. The van der Waals surface area contributed by atoms with Gasteiger partial charge in [-0.15, -0.1) is 0 Å². The van der Waals surface area contributed by atoms with Gasteiger partial charge in [-0.25, -0.2) is 0 Å². The van der Waals surface area contributed by atoms with E-state index in [2.05, 4.69) is 22.4 Å². The molecule has 4 heteroatoms.